The van der Waals surface area contributed by atoms with Crippen LogP contribution >= 0.6 is 0 Å². The van der Waals surface area contributed by atoms with Crippen LogP contribution in [0.5, 0.6) is 0 Å². The quantitative estimate of drug-likeness (QED) is 0.790. The monoisotopic (exact) mass is 322 g/mol. The van der Waals surface area contributed by atoms with Crippen LogP contribution in [0.3, 0.4) is 0 Å². The number of carbonyl (C=O) groups is 2. The molecule has 1 aliphatic heterocycles. The first-order valence-electron chi connectivity index (χ1n) is 7.83. The van der Waals surface area contributed by atoms with Crippen molar-refractivity contribution in [3.63, 3.8) is 0 Å². The van der Waals surface area contributed by atoms with Crippen LogP contribution in [0.4, 0.5) is 0 Å². The number of hydrogen-bond donors (Lipinski definition) is 2. The Bertz CT molecular complexity index is 582. The van der Waals surface area contributed by atoms with E-state index < -0.39 is 6.10 Å². The number of aliphatic hydroxyl groups excluding tert-OH is 1. The van der Waals surface area contributed by atoms with Gasteiger partial charge in [0.1, 0.15) is 5.69 Å². The molecule has 2 heterocycles. The molecular formula is C16H26N4O3. The number of hydrogen-bond acceptors (Lipinski definition) is 4. The molecule has 1 aromatic rings. The van der Waals surface area contributed by atoms with Crippen LogP contribution in [0.15, 0.2) is 12.1 Å². The number of nitrogens with one attached hydrogen (secondary N) is 1. The number of amides is 2. The van der Waals surface area contributed by atoms with E-state index in [1.54, 1.807) is 20.2 Å². The Balaban J connectivity index is 1.90. The van der Waals surface area contributed by atoms with Crippen molar-refractivity contribution in [1.82, 2.24) is 19.7 Å². The van der Waals surface area contributed by atoms with E-state index in [0.717, 1.165) is 5.69 Å². The first kappa shape index (κ1) is 17.5. The van der Waals surface area contributed by atoms with Crippen LogP contribution in [0, 0.1) is 6.92 Å². The van der Waals surface area contributed by atoms with E-state index in [9.17, 15) is 14.7 Å². The minimum Gasteiger partial charge on any atom is -0.390 e. The number of nitrogens with zero attached hydrogens (tertiary/aromatic N) is 3. The average Bonchev–Trinajstić information content (AvgIpc) is 2.81. The molecule has 1 fully saturated rings. The highest BCUT2D eigenvalue weighted by Gasteiger charge is 2.30. The summed E-state index contributed by atoms with van der Waals surface area (Å²) in [7, 11) is 5.28. The second-order valence-electron chi connectivity index (χ2n) is 6.38. The molecule has 0 spiro atoms. The summed E-state index contributed by atoms with van der Waals surface area (Å²) in [5, 5.41) is 13.2. The molecule has 128 valence electrons. The first-order valence-corrected chi connectivity index (χ1v) is 7.83. The number of likely N-dealkylation sites (tertiary alicyclic amines) is 1. The van der Waals surface area contributed by atoms with Crippen molar-refractivity contribution < 1.29 is 14.7 Å². The number of likely N-dealkylation sites (N-methyl/N-ethyl adjacent to an activating group) is 1. The Labute approximate surface area is 136 Å². The number of aryl methyl sites for hydroxylation is 1. The maximum atomic E-state index is 12.3. The number of β-amino-alcohol motifs (C(OH)–C–C–N with tert-alkyl or cyclic N) is 1. The molecule has 2 atom stereocenters. The van der Waals surface area contributed by atoms with Gasteiger partial charge >= 0.3 is 0 Å². The molecule has 7 nitrogen and oxygen atoms in total. The van der Waals surface area contributed by atoms with E-state index in [1.165, 1.54) is 4.90 Å². The maximum Gasteiger partial charge on any atom is 0.268 e. The predicted octanol–water partition coefficient (Wildman–Crippen LogP) is -0.413. The summed E-state index contributed by atoms with van der Waals surface area (Å²) in [6.45, 7) is 3.29. The summed E-state index contributed by atoms with van der Waals surface area (Å²) in [4.78, 5) is 27.5. The lowest BCUT2D eigenvalue weighted by Gasteiger charge is -2.36. The lowest BCUT2D eigenvalue weighted by molar-refractivity contribution is -0.130. The van der Waals surface area contributed by atoms with Gasteiger partial charge in [0.25, 0.3) is 5.91 Å². The molecule has 0 bridgehead atoms. The highest BCUT2D eigenvalue weighted by molar-refractivity contribution is 5.93. The van der Waals surface area contributed by atoms with Crippen molar-refractivity contribution in [2.24, 2.45) is 7.05 Å². The highest BCUT2D eigenvalue weighted by atomic mass is 16.3. The molecule has 0 aromatic carbocycles. The van der Waals surface area contributed by atoms with Crippen LogP contribution in [-0.4, -0.2) is 77.2 Å². The molecule has 1 saturated heterocycles. The van der Waals surface area contributed by atoms with Crippen LogP contribution in [0.1, 0.15) is 22.6 Å². The molecule has 2 amide bonds. The van der Waals surface area contributed by atoms with Crippen molar-refractivity contribution in [1.29, 1.82) is 0 Å². The van der Waals surface area contributed by atoms with Gasteiger partial charge < -0.3 is 19.9 Å². The minimum absolute atomic E-state index is 0.0129. The summed E-state index contributed by atoms with van der Waals surface area (Å²) in [5.41, 5.74) is 1.59. The molecule has 7 heteroatoms. The van der Waals surface area contributed by atoms with Gasteiger partial charge in [0.05, 0.1) is 18.7 Å². The van der Waals surface area contributed by atoms with Crippen molar-refractivity contribution in [3.8, 4) is 0 Å². The molecule has 1 aliphatic rings. The molecule has 0 radical (unpaired) electrons. The van der Waals surface area contributed by atoms with E-state index in [2.05, 4.69) is 5.32 Å². The van der Waals surface area contributed by atoms with Gasteiger partial charge in [-0.15, -0.1) is 0 Å². The summed E-state index contributed by atoms with van der Waals surface area (Å²) < 4.78 is 1.83. The highest BCUT2D eigenvalue weighted by Crippen LogP contribution is 2.13. The van der Waals surface area contributed by atoms with Crippen LogP contribution in [-0.2, 0) is 11.8 Å². The first-order chi connectivity index (χ1) is 10.8. The lowest BCUT2D eigenvalue weighted by Crippen LogP contribution is -2.55. The van der Waals surface area contributed by atoms with Gasteiger partial charge in [-0.3, -0.25) is 14.5 Å². The molecule has 23 heavy (non-hydrogen) atoms. The number of aromatic nitrogens is 1. The normalized spacial score (nSPS) is 22.0. The number of piperidine rings is 1. The Morgan fingerprint density at radius 3 is 2.61 bits per heavy atom. The summed E-state index contributed by atoms with van der Waals surface area (Å²) in [6.07, 6.45) is -0.0548. The second-order valence-corrected chi connectivity index (χ2v) is 6.38. The topological polar surface area (TPSA) is 77.8 Å². The third-order valence-electron chi connectivity index (χ3n) is 4.45. The molecule has 1 aromatic heterocycles. The zero-order chi connectivity index (χ0) is 17.1. The predicted molar refractivity (Wildman–Crippen MR) is 87.2 cm³/mol. The molecule has 2 N–H and O–H groups in total. The lowest BCUT2D eigenvalue weighted by atomic mass is 10.0. The van der Waals surface area contributed by atoms with Gasteiger partial charge in [0, 0.05) is 39.9 Å². The van der Waals surface area contributed by atoms with Crippen molar-refractivity contribution >= 4 is 11.8 Å². The standard InChI is InChI=1S/C16H26N4O3/c1-11-5-6-13(19(11)4)16(23)17-12-7-8-20(9-14(12)21)10-15(22)18(2)3/h5-6,12,14,21H,7-10H2,1-4H3,(H,17,23)/t12-,14-/m1/s1. The summed E-state index contributed by atoms with van der Waals surface area (Å²) >= 11 is 0. The minimum atomic E-state index is -0.677. The summed E-state index contributed by atoms with van der Waals surface area (Å²) in [6, 6.07) is 3.38. The van der Waals surface area contributed by atoms with E-state index in [1.807, 2.05) is 29.5 Å². The number of carbonyl (C=O) groups excluding carboxylic acids is 2. The van der Waals surface area contributed by atoms with Crippen molar-refractivity contribution in [2.45, 2.75) is 25.5 Å². The third kappa shape index (κ3) is 4.11. The van der Waals surface area contributed by atoms with Crippen molar-refractivity contribution in [2.75, 3.05) is 33.7 Å². The molecular weight excluding hydrogens is 296 g/mol. The smallest absolute Gasteiger partial charge is 0.268 e. The largest absolute Gasteiger partial charge is 0.390 e. The van der Waals surface area contributed by atoms with E-state index in [-0.39, 0.29) is 17.9 Å². The Morgan fingerprint density at radius 1 is 1.39 bits per heavy atom. The average molecular weight is 322 g/mol. The van der Waals surface area contributed by atoms with Gasteiger partial charge in [-0.2, -0.15) is 0 Å². The zero-order valence-electron chi connectivity index (χ0n) is 14.2. The van der Waals surface area contributed by atoms with E-state index in [4.69, 9.17) is 0 Å². The Kier molecular flexibility index (Phi) is 5.43. The molecule has 2 rings (SSSR count). The van der Waals surface area contributed by atoms with Crippen molar-refractivity contribution in [3.05, 3.63) is 23.5 Å². The van der Waals surface area contributed by atoms with Gasteiger partial charge in [-0.1, -0.05) is 0 Å². The second kappa shape index (κ2) is 7.14. The van der Waals surface area contributed by atoms with Crippen LogP contribution in [0.25, 0.3) is 0 Å². The Hall–Kier alpha value is -1.86. The zero-order valence-corrected chi connectivity index (χ0v) is 14.2. The number of rotatable bonds is 4. The Morgan fingerprint density at radius 2 is 2.09 bits per heavy atom. The fourth-order valence-corrected chi connectivity index (χ4v) is 2.73. The van der Waals surface area contributed by atoms with Gasteiger partial charge in [0.15, 0.2) is 0 Å². The molecule has 0 aliphatic carbocycles. The van der Waals surface area contributed by atoms with Gasteiger partial charge in [-0.05, 0) is 25.5 Å². The number of aliphatic hydroxyl groups is 1. The fraction of sp³-hybridized carbons (Fsp3) is 0.625. The fourth-order valence-electron chi connectivity index (χ4n) is 2.73. The van der Waals surface area contributed by atoms with Gasteiger partial charge in [0.2, 0.25) is 5.91 Å². The van der Waals surface area contributed by atoms with E-state index in [0.29, 0.717) is 31.7 Å². The van der Waals surface area contributed by atoms with E-state index >= 15 is 0 Å². The SMILES string of the molecule is Cc1ccc(C(=O)N[C@@H]2CCN(CC(=O)N(C)C)C[C@H]2O)n1C. The van der Waals surface area contributed by atoms with Crippen LogP contribution < -0.4 is 5.32 Å². The molecule has 0 saturated carbocycles. The third-order valence-corrected chi connectivity index (χ3v) is 4.45. The summed E-state index contributed by atoms with van der Waals surface area (Å²) in [5.74, 6) is -0.165. The molecule has 0 unspecified atom stereocenters. The maximum absolute atomic E-state index is 12.3. The van der Waals surface area contributed by atoms with Crippen LogP contribution in [0.2, 0.25) is 0 Å². The van der Waals surface area contributed by atoms with Gasteiger partial charge in [-0.25, -0.2) is 0 Å².